The number of nitrogens with zero attached hydrogens (tertiary/aromatic N) is 1. The smallest absolute Gasteiger partial charge is 0.327 e. The lowest BCUT2D eigenvalue weighted by Crippen LogP contribution is -2.56. The van der Waals surface area contributed by atoms with Crippen LogP contribution < -0.4 is 5.32 Å². The molecule has 18 heavy (non-hydrogen) atoms. The number of rotatable bonds is 9. The van der Waals surface area contributed by atoms with Crippen LogP contribution in [-0.2, 0) is 14.3 Å². The fourth-order valence-electron chi connectivity index (χ4n) is 1.60. The molecule has 0 saturated carbocycles. The van der Waals surface area contributed by atoms with Crippen molar-refractivity contribution < 1.29 is 14.3 Å². The van der Waals surface area contributed by atoms with Crippen LogP contribution in [0, 0.1) is 0 Å². The standard InChI is InChI=1S/C13H28N2O3/c1-7-17-12(16)13(4,14-5)10-15(6)8-9-18-11(2)3/h11,14H,7-10H2,1-6H3. The van der Waals surface area contributed by atoms with Crippen molar-refractivity contribution in [1.82, 2.24) is 10.2 Å². The predicted octanol–water partition coefficient (Wildman–Crippen LogP) is 0.884. The Labute approximate surface area is 111 Å². The van der Waals surface area contributed by atoms with Crippen molar-refractivity contribution in [3.05, 3.63) is 0 Å². The van der Waals surface area contributed by atoms with E-state index in [2.05, 4.69) is 10.2 Å². The van der Waals surface area contributed by atoms with Crippen molar-refractivity contribution in [2.75, 3.05) is 40.4 Å². The van der Waals surface area contributed by atoms with Gasteiger partial charge < -0.3 is 19.7 Å². The van der Waals surface area contributed by atoms with E-state index in [0.717, 1.165) is 6.54 Å². The van der Waals surface area contributed by atoms with Crippen LogP contribution in [0.3, 0.4) is 0 Å². The molecule has 0 aromatic rings. The molecule has 0 fully saturated rings. The number of nitrogens with one attached hydrogen (secondary N) is 1. The maximum atomic E-state index is 11.9. The Morgan fingerprint density at radius 1 is 1.44 bits per heavy atom. The first-order chi connectivity index (χ1) is 8.35. The Morgan fingerprint density at radius 2 is 2.06 bits per heavy atom. The molecule has 0 aromatic heterocycles. The summed E-state index contributed by atoms with van der Waals surface area (Å²) in [6, 6.07) is 0. The first kappa shape index (κ1) is 17.4. The van der Waals surface area contributed by atoms with Crippen molar-refractivity contribution >= 4 is 5.97 Å². The summed E-state index contributed by atoms with van der Waals surface area (Å²) in [5.74, 6) is -0.218. The van der Waals surface area contributed by atoms with Crippen LogP contribution in [0.25, 0.3) is 0 Å². The van der Waals surface area contributed by atoms with Gasteiger partial charge in [-0.1, -0.05) is 0 Å². The molecule has 0 spiro atoms. The van der Waals surface area contributed by atoms with Crippen LogP contribution >= 0.6 is 0 Å². The van der Waals surface area contributed by atoms with Gasteiger partial charge in [0.1, 0.15) is 5.54 Å². The van der Waals surface area contributed by atoms with E-state index in [0.29, 0.717) is 19.8 Å². The molecule has 0 aliphatic rings. The number of carbonyl (C=O) groups is 1. The molecule has 0 bridgehead atoms. The van der Waals surface area contributed by atoms with Gasteiger partial charge in [-0.3, -0.25) is 4.79 Å². The van der Waals surface area contributed by atoms with Gasteiger partial charge in [-0.05, 0) is 41.8 Å². The molecule has 1 N–H and O–H groups in total. The van der Waals surface area contributed by atoms with Crippen molar-refractivity contribution in [3.8, 4) is 0 Å². The molecule has 0 aliphatic heterocycles. The normalized spacial score (nSPS) is 14.9. The third kappa shape index (κ3) is 6.33. The third-order valence-corrected chi connectivity index (χ3v) is 2.79. The highest BCUT2D eigenvalue weighted by molar-refractivity contribution is 5.80. The Morgan fingerprint density at radius 3 is 2.50 bits per heavy atom. The number of likely N-dealkylation sites (N-methyl/N-ethyl adjacent to an activating group) is 2. The van der Waals surface area contributed by atoms with E-state index < -0.39 is 5.54 Å². The Kier molecular flexibility index (Phi) is 8.15. The number of esters is 1. The Bertz CT molecular complexity index is 246. The van der Waals surface area contributed by atoms with Crippen LogP contribution in [0.2, 0.25) is 0 Å². The second-order valence-corrected chi connectivity index (χ2v) is 4.96. The first-order valence-corrected chi connectivity index (χ1v) is 6.52. The van der Waals surface area contributed by atoms with Crippen molar-refractivity contribution in [3.63, 3.8) is 0 Å². The van der Waals surface area contributed by atoms with Gasteiger partial charge in [0.25, 0.3) is 0 Å². The third-order valence-electron chi connectivity index (χ3n) is 2.79. The molecule has 1 atom stereocenters. The molecule has 0 amide bonds. The van der Waals surface area contributed by atoms with Gasteiger partial charge in [-0.25, -0.2) is 0 Å². The van der Waals surface area contributed by atoms with E-state index in [1.54, 1.807) is 7.05 Å². The minimum absolute atomic E-state index is 0.218. The maximum Gasteiger partial charge on any atom is 0.327 e. The van der Waals surface area contributed by atoms with Crippen LogP contribution in [0.1, 0.15) is 27.7 Å². The molecule has 1 unspecified atom stereocenters. The minimum atomic E-state index is -0.678. The molecule has 5 heteroatoms. The molecule has 0 radical (unpaired) electrons. The van der Waals surface area contributed by atoms with E-state index >= 15 is 0 Å². The lowest BCUT2D eigenvalue weighted by atomic mass is 10.0. The van der Waals surface area contributed by atoms with E-state index in [9.17, 15) is 4.79 Å². The zero-order chi connectivity index (χ0) is 14.2. The summed E-state index contributed by atoms with van der Waals surface area (Å²) in [5, 5.41) is 3.04. The summed E-state index contributed by atoms with van der Waals surface area (Å²) < 4.78 is 10.6. The van der Waals surface area contributed by atoms with Crippen LogP contribution in [0.5, 0.6) is 0 Å². The maximum absolute atomic E-state index is 11.9. The van der Waals surface area contributed by atoms with Crippen molar-refractivity contribution in [1.29, 1.82) is 0 Å². The average molecular weight is 260 g/mol. The predicted molar refractivity (Wildman–Crippen MR) is 72.7 cm³/mol. The zero-order valence-corrected chi connectivity index (χ0v) is 12.6. The molecule has 0 aromatic carbocycles. The molecule has 0 heterocycles. The lowest BCUT2D eigenvalue weighted by Gasteiger charge is -2.31. The quantitative estimate of drug-likeness (QED) is 0.624. The van der Waals surface area contributed by atoms with Gasteiger partial charge in [0.15, 0.2) is 0 Å². The summed E-state index contributed by atoms with van der Waals surface area (Å²) >= 11 is 0. The van der Waals surface area contributed by atoms with Gasteiger partial charge in [0.05, 0.1) is 19.3 Å². The van der Waals surface area contributed by atoms with Crippen molar-refractivity contribution in [2.24, 2.45) is 0 Å². The Hall–Kier alpha value is -0.650. The number of carbonyl (C=O) groups excluding carboxylic acids is 1. The molecule has 0 aliphatic carbocycles. The van der Waals surface area contributed by atoms with E-state index in [1.165, 1.54) is 0 Å². The largest absolute Gasteiger partial charge is 0.465 e. The van der Waals surface area contributed by atoms with Crippen LogP contribution in [-0.4, -0.2) is 62.9 Å². The molecular weight excluding hydrogens is 232 g/mol. The second kappa shape index (κ2) is 8.45. The van der Waals surface area contributed by atoms with E-state index in [-0.39, 0.29) is 12.1 Å². The van der Waals surface area contributed by atoms with E-state index in [1.807, 2.05) is 34.7 Å². The fraction of sp³-hybridized carbons (Fsp3) is 0.923. The highest BCUT2D eigenvalue weighted by atomic mass is 16.5. The van der Waals surface area contributed by atoms with Gasteiger partial charge >= 0.3 is 5.97 Å². The zero-order valence-electron chi connectivity index (χ0n) is 12.6. The van der Waals surface area contributed by atoms with Crippen LogP contribution in [0.4, 0.5) is 0 Å². The topological polar surface area (TPSA) is 50.8 Å². The summed E-state index contributed by atoms with van der Waals surface area (Å²) in [6.07, 6.45) is 0.235. The molecular formula is C13H28N2O3. The van der Waals surface area contributed by atoms with Gasteiger partial charge in [-0.15, -0.1) is 0 Å². The number of hydrogen-bond acceptors (Lipinski definition) is 5. The second-order valence-electron chi connectivity index (χ2n) is 4.96. The van der Waals surface area contributed by atoms with Gasteiger partial charge in [-0.2, -0.15) is 0 Å². The van der Waals surface area contributed by atoms with Crippen LogP contribution in [0.15, 0.2) is 0 Å². The number of hydrogen-bond donors (Lipinski definition) is 1. The van der Waals surface area contributed by atoms with E-state index in [4.69, 9.17) is 9.47 Å². The van der Waals surface area contributed by atoms with Gasteiger partial charge in [0.2, 0.25) is 0 Å². The molecule has 108 valence electrons. The summed E-state index contributed by atoms with van der Waals surface area (Å²) in [7, 11) is 3.74. The summed E-state index contributed by atoms with van der Waals surface area (Å²) in [5.41, 5.74) is -0.678. The monoisotopic (exact) mass is 260 g/mol. The summed E-state index contributed by atoms with van der Waals surface area (Å²) in [6.45, 7) is 10.1. The molecule has 5 nitrogen and oxygen atoms in total. The lowest BCUT2D eigenvalue weighted by molar-refractivity contribution is -0.151. The summed E-state index contributed by atoms with van der Waals surface area (Å²) in [4.78, 5) is 13.9. The highest BCUT2D eigenvalue weighted by Gasteiger charge is 2.34. The molecule has 0 saturated heterocycles. The van der Waals surface area contributed by atoms with Gasteiger partial charge in [0, 0.05) is 13.1 Å². The SMILES string of the molecule is CCOC(=O)C(C)(CN(C)CCOC(C)C)NC. The first-order valence-electron chi connectivity index (χ1n) is 6.52. The molecule has 0 rings (SSSR count). The number of ether oxygens (including phenoxy) is 2. The average Bonchev–Trinajstić information content (AvgIpc) is 2.28. The van der Waals surface area contributed by atoms with Crippen molar-refractivity contribution in [2.45, 2.75) is 39.3 Å². The Balaban J connectivity index is 4.21. The minimum Gasteiger partial charge on any atom is -0.465 e. The highest BCUT2D eigenvalue weighted by Crippen LogP contribution is 2.08. The fourth-order valence-corrected chi connectivity index (χ4v) is 1.60.